The number of anilines is 2. The Bertz CT molecular complexity index is 1790. The minimum absolute atomic E-state index is 0.249. The number of hydrogen-bond acceptors (Lipinski definition) is 4. The van der Waals surface area contributed by atoms with Crippen LogP contribution in [0.15, 0.2) is 115 Å². The number of alkyl halides is 6. The van der Waals surface area contributed by atoms with Crippen LogP contribution in [0.3, 0.4) is 0 Å². The molecule has 0 saturated carbocycles. The van der Waals surface area contributed by atoms with Gasteiger partial charge in [0.05, 0.1) is 16.8 Å². The van der Waals surface area contributed by atoms with E-state index in [0.717, 1.165) is 30.3 Å². The van der Waals surface area contributed by atoms with Crippen molar-refractivity contribution in [3.05, 3.63) is 132 Å². The number of nitrogens with zero attached hydrogens (tertiary/aromatic N) is 3. The normalized spacial score (nSPS) is 11.5. The highest BCUT2D eigenvalue weighted by molar-refractivity contribution is 6.29. The lowest BCUT2D eigenvalue weighted by atomic mass is 10.1. The number of para-hydroxylation sites is 1. The van der Waals surface area contributed by atoms with Crippen LogP contribution in [0.5, 0.6) is 0 Å². The molecule has 0 spiro atoms. The van der Waals surface area contributed by atoms with E-state index >= 15 is 0 Å². The van der Waals surface area contributed by atoms with Gasteiger partial charge in [0.1, 0.15) is 11.3 Å². The highest BCUT2D eigenvalue weighted by Gasteiger charge is 2.32. The smallest absolute Gasteiger partial charge is 0.322 e. The number of rotatable bonds is 7. The van der Waals surface area contributed by atoms with E-state index in [-0.39, 0.29) is 16.9 Å². The summed E-state index contributed by atoms with van der Waals surface area (Å²) in [7, 11) is 0. The summed E-state index contributed by atoms with van der Waals surface area (Å²) in [6.45, 7) is 0. The third-order valence-electron chi connectivity index (χ3n) is 6.40. The number of pyridine rings is 1. The zero-order chi connectivity index (χ0) is 32.2. The van der Waals surface area contributed by atoms with Gasteiger partial charge in [-0.1, -0.05) is 30.3 Å². The van der Waals surface area contributed by atoms with E-state index < -0.39 is 40.9 Å². The van der Waals surface area contributed by atoms with Crippen molar-refractivity contribution in [3.63, 3.8) is 0 Å². The van der Waals surface area contributed by atoms with Crippen LogP contribution < -0.4 is 10.6 Å². The van der Waals surface area contributed by atoms with Gasteiger partial charge in [-0.2, -0.15) is 31.4 Å². The molecule has 2 amide bonds. The van der Waals surface area contributed by atoms with Crippen molar-refractivity contribution in [1.29, 1.82) is 0 Å². The van der Waals surface area contributed by atoms with Gasteiger partial charge in [-0.05, 0) is 66.7 Å². The lowest BCUT2D eigenvalue weighted by molar-refractivity contribution is -0.138. The minimum atomic E-state index is -4.70. The molecule has 0 aliphatic heterocycles. The first-order valence-corrected chi connectivity index (χ1v) is 13.1. The topological polar surface area (TPSA) is 88.9 Å². The summed E-state index contributed by atoms with van der Waals surface area (Å²) in [5.41, 5.74) is -1.46. The van der Waals surface area contributed by atoms with Crippen LogP contribution >= 0.6 is 0 Å². The van der Waals surface area contributed by atoms with Gasteiger partial charge in [-0.25, -0.2) is 4.68 Å². The molecule has 0 bridgehead atoms. The van der Waals surface area contributed by atoms with Crippen molar-refractivity contribution < 1.29 is 35.9 Å². The first kappa shape index (κ1) is 30.7. The van der Waals surface area contributed by atoms with Gasteiger partial charge in [-0.15, -0.1) is 0 Å². The van der Waals surface area contributed by atoms with Crippen LogP contribution in [0.2, 0.25) is 0 Å². The molecule has 5 aromatic rings. The molecular formula is C32H21F6N5O2. The lowest BCUT2D eigenvalue weighted by Gasteiger charge is -2.13. The summed E-state index contributed by atoms with van der Waals surface area (Å²) >= 11 is 0. The van der Waals surface area contributed by atoms with Gasteiger partial charge < -0.3 is 10.6 Å². The van der Waals surface area contributed by atoms with E-state index in [0.29, 0.717) is 29.1 Å². The second kappa shape index (κ2) is 12.5. The summed E-state index contributed by atoms with van der Waals surface area (Å²) in [5.74, 6) is -2.24. The third-order valence-corrected chi connectivity index (χ3v) is 6.40. The van der Waals surface area contributed by atoms with Gasteiger partial charge in [-0.3, -0.25) is 14.6 Å². The molecule has 0 aliphatic rings. The molecule has 0 saturated heterocycles. The molecule has 0 fully saturated rings. The molecule has 0 unspecified atom stereocenters. The molecule has 3 aromatic carbocycles. The van der Waals surface area contributed by atoms with Gasteiger partial charge in [0.2, 0.25) is 0 Å². The van der Waals surface area contributed by atoms with Gasteiger partial charge >= 0.3 is 12.4 Å². The second-order valence-electron chi connectivity index (χ2n) is 9.57. The number of halogens is 6. The van der Waals surface area contributed by atoms with Crippen LogP contribution in [0, 0.1) is 0 Å². The fourth-order valence-corrected chi connectivity index (χ4v) is 4.27. The first-order chi connectivity index (χ1) is 21.4. The quantitative estimate of drug-likeness (QED) is 0.0847. The molecule has 2 N–H and O–H groups in total. The van der Waals surface area contributed by atoms with Crippen molar-refractivity contribution in [2.75, 3.05) is 10.6 Å². The highest BCUT2D eigenvalue weighted by Crippen LogP contribution is 2.32. The van der Waals surface area contributed by atoms with Gasteiger partial charge in [0, 0.05) is 41.1 Å². The molecule has 45 heavy (non-hydrogen) atoms. The number of nitrogens with one attached hydrogen (secondary N) is 2. The standard InChI is InChI=1S/C32H21F6N5O2/c33-31(34,35)22-6-4-8-24(17-22)40-29(44)27(30(45)41-25-9-5-7-23(18-25)32(36,37)38)16-21-19-43(26-10-2-1-3-11-26)42-28(21)20-12-14-39-15-13-20/h1-19H,(H,40,44)(H,41,45). The van der Waals surface area contributed by atoms with Crippen LogP contribution in [0.1, 0.15) is 16.7 Å². The Morgan fingerprint density at radius 2 is 1.22 bits per heavy atom. The second-order valence-corrected chi connectivity index (χ2v) is 9.57. The van der Waals surface area contributed by atoms with E-state index in [4.69, 9.17) is 0 Å². The predicted octanol–water partition coefficient (Wildman–Crippen LogP) is 7.63. The molecule has 0 atom stereocenters. The van der Waals surface area contributed by atoms with Crippen molar-refractivity contribution in [3.8, 4) is 16.9 Å². The van der Waals surface area contributed by atoms with Crippen molar-refractivity contribution in [2.45, 2.75) is 12.4 Å². The molecular weight excluding hydrogens is 600 g/mol. The number of carbonyl (C=O) groups excluding carboxylic acids is 2. The van der Waals surface area contributed by atoms with Crippen LogP contribution in [0.25, 0.3) is 23.0 Å². The van der Waals surface area contributed by atoms with Crippen molar-refractivity contribution >= 4 is 29.3 Å². The van der Waals surface area contributed by atoms with Crippen molar-refractivity contribution in [2.24, 2.45) is 0 Å². The number of carbonyl (C=O) groups is 2. The average Bonchev–Trinajstić information content (AvgIpc) is 3.44. The fourth-order valence-electron chi connectivity index (χ4n) is 4.27. The van der Waals surface area contributed by atoms with Gasteiger partial charge in [0.15, 0.2) is 0 Å². The molecule has 228 valence electrons. The number of amides is 2. The van der Waals surface area contributed by atoms with Crippen molar-refractivity contribution in [1.82, 2.24) is 14.8 Å². The van der Waals surface area contributed by atoms with E-state index in [9.17, 15) is 35.9 Å². The molecule has 7 nitrogen and oxygen atoms in total. The third kappa shape index (κ3) is 7.44. The van der Waals surface area contributed by atoms with Crippen LogP contribution in [-0.2, 0) is 21.9 Å². The summed E-state index contributed by atoms with van der Waals surface area (Å²) < 4.78 is 81.3. The van der Waals surface area contributed by atoms with E-state index in [1.165, 1.54) is 35.4 Å². The first-order valence-electron chi connectivity index (χ1n) is 13.1. The minimum Gasteiger partial charge on any atom is -0.322 e. The largest absolute Gasteiger partial charge is 0.416 e. The number of aromatic nitrogens is 3. The molecule has 0 aliphatic carbocycles. The highest BCUT2D eigenvalue weighted by atomic mass is 19.4. The Morgan fingerprint density at radius 1 is 0.689 bits per heavy atom. The maximum Gasteiger partial charge on any atom is 0.416 e. The SMILES string of the molecule is O=C(Nc1cccc(C(F)(F)F)c1)C(=Cc1cn(-c2ccccc2)nc1-c1ccncc1)C(=O)Nc1cccc(C(F)(F)F)c1. The number of benzene rings is 3. The maximum atomic E-state index is 13.5. The van der Waals surface area contributed by atoms with E-state index in [1.54, 1.807) is 42.5 Å². The predicted molar refractivity (Wildman–Crippen MR) is 155 cm³/mol. The molecule has 5 rings (SSSR count). The van der Waals surface area contributed by atoms with E-state index in [1.807, 2.05) is 0 Å². The Hall–Kier alpha value is -5.72. The van der Waals surface area contributed by atoms with Crippen LogP contribution in [-0.4, -0.2) is 26.6 Å². The summed E-state index contributed by atoms with van der Waals surface area (Å²) in [6.07, 6.45) is -3.70. The summed E-state index contributed by atoms with van der Waals surface area (Å²) in [5, 5.41) is 9.18. The monoisotopic (exact) mass is 621 g/mol. The molecule has 13 heteroatoms. The Balaban J connectivity index is 1.60. The van der Waals surface area contributed by atoms with E-state index in [2.05, 4.69) is 20.7 Å². The summed E-state index contributed by atoms with van der Waals surface area (Å²) in [6, 6.07) is 19.7. The molecule has 2 heterocycles. The maximum absolute atomic E-state index is 13.5. The molecule has 2 aromatic heterocycles. The Morgan fingerprint density at radius 3 is 1.73 bits per heavy atom. The number of hydrogen-bond donors (Lipinski definition) is 2. The van der Waals surface area contributed by atoms with Gasteiger partial charge in [0.25, 0.3) is 11.8 Å². The Labute approximate surface area is 251 Å². The fraction of sp³-hybridized carbons (Fsp3) is 0.0625. The zero-order valence-electron chi connectivity index (χ0n) is 22.9. The van der Waals surface area contributed by atoms with Crippen LogP contribution in [0.4, 0.5) is 37.7 Å². The lowest BCUT2D eigenvalue weighted by Crippen LogP contribution is -2.25. The Kier molecular flexibility index (Phi) is 8.52. The zero-order valence-corrected chi connectivity index (χ0v) is 22.9. The average molecular weight is 622 g/mol. The summed E-state index contributed by atoms with van der Waals surface area (Å²) in [4.78, 5) is 31.0. The molecule has 0 radical (unpaired) electrons.